The van der Waals surface area contributed by atoms with E-state index in [9.17, 15) is 0 Å². The van der Waals surface area contributed by atoms with Crippen molar-refractivity contribution in [1.29, 1.82) is 0 Å². The van der Waals surface area contributed by atoms with Crippen molar-refractivity contribution >= 4 is 27.8 Å². The molecule has 21 heavy (non-hydrogen) atoms. The highest BCUT2D eigenvalue weighted by atomic mass is 32.1. The Bertz CT molecular complexity index is 748. The standard InChI is InChI=1S/C18H20N2S/c1-18(2,3)17-8-7-14(21-17)12-20-16-6-4-5-13-11-19-10-9-15(13)16/h4-11,20H,12H2,1-3H3. The van der Waals surface area contributed by atoms with Gasteiger partial charge in [0, 0.05) is 45.2 Å². The van der Waals surface area contributed by atoms with Crippen LogP contribution in [-0.2, 0) is 12.0 Å². The number of nitrogens with zero attached hydrogens (tertiary/aromatic N) is 1. The van der Waals surface area contributed by atoms with Gasteiger partial charge in [0.05, 0.1) is 0 Å². The third kappa shape index (κ3) is 3.08. The van der Waals surface area contributed by atoms with Crippen LogP contribution in [0.2, 0.25) is 0 Å². The van der Waals surface area contributed by atoms with E-state index in [2.05, 4.69) is 67.5 Å². The second kappa shape index (κ2) is 5.49. The monoisotopic (exact) mass is 296 g/mol. The van der Waals surface area contributed by atoms with Crippen LogP contribution in [0.1, 0.15) is 30.5 Å². The second-order valence-electron chi connectivity index (χ2n) is 6.27. The number of benzene rings is 1. The molecule has 0 saturated carbocycles. The van der Waals surface area contributed by atoms with Gasteiger partial charge in [0.1, 0.15) is 0 Å². The molecule has 3 heteroatoms. The van der Waals surface area contributed by atoms with E-state index in [1.807, 2.05) is 23.7 Å². The van der Waals surface area contributed by atoms with Gasteiger partial charge in [-0.15, -0.1) is 11.3 Å². The number of pyridine rings is 1. The van der Waals surface area contributed by atoms with Gasteiger partial charge in [0.2, 0.25) is 0 Å². The fourth-order valence-electron chi connectivity index (χ4n) is 2.34. The summed E-state index contributed by atoms with van der Waals surface area (Å²) in [5, 5.41) is 5.94. The fraction of sp³-hybridized carbons (Fsp3) is 0.278. The number of hydrogen-bond donors (Lipinski definition) is 1. The van der Waals surface area contributed by atoms with Crippen molar-refractivity contribution in [2.24, 2.45) is 0 Å². The van der Waals surface area contributed by atoms with E-state index < -0.39 is 0 Å². The third-order valence-corrected chi connectivity index (χ3v) is 5.05. The predicted molar refractivity (Wildman–Crippen MR) is 92.1 cm³/mol. The number of anilines is 1. The van der Waals surface area contributed by atoms with Gasteiger partial charge in [-0.1, -0.05) is 32.9 Å². The summed E-state index contributed by atoms with van der Waals surface area (Å²) >= 11 is 1.89. The Morgan fingerprint density at radius 1 is 1.10 bits per heavy atom. The maximum Gasteiger partial charge on any atom is 0.0494 e. The molecule has 0 radical (unpaired) electrons. The number of fused-ring (bicyclic) bond motifs is 1. The first-order valence-electron chi connectivity index (χ1n) is 7.20. The lowest BCUT2D eigenvalue weighted by molar-refractivity contribution is 0.604. The van der Waals surface area contributed by atoms with Crippen LogP contribution in [0.15, 0.2) is 48.8 Å². The minimum absolute atomic E-state index is 0.230. The molecule has 3 rings (SSSR count). The molecule has 0 spiro atoms. The molecule has 0 aliphatic rings. The maximum atomic E-state index is 4.18. The van der Waals surface area contributed by atoms with Crippen molar-refractivity contribution in [2.75, 3.05) is 5.32 Å². The van der Waals surface area contributed by atoms with Gasteiger partial charge in [-0.25, -0.2) is 0 Å². The molecule has 0 amide bonds. The van der Waals surface area contributed by atoms with Crippen LogP contribution in [0.3, 0.4) is 0 Å². The van der Waals surface area contributed by atoms with Crippen LogP contribution in [-0.4, -0.2) is 4.98 Å². The zero-order chi connectivity index (χ0) is 14.9. The Kier molecular flexibility index (Phi) is 3.68. The Morgan fingerprint density at radius 2 is 1.95 bits per heavy atom. The topological polar surface area (TPSA) is 24.9 Å². The first-order valence-corrected chi connectivity index (χ1v) is 8.01. The third-order valence-electron chi connectivity index (χ3n) is 3.53. The summed E-state index contributed by atoms with van der Waals surface area (Å²) < 4.78 is 0. The fourth-order valence-corrected chi connectivity index (χ4v) is 3.34. The van der Waals surface area contributed by atoms with Crippen molar-refractivity contribution in [1.82, 2.24) is 4.98 Å². The summed E-state index contributed by atoms with van der Waals surface area (Å²) in [4.78, 5) is 6.98. The summed E-state index contributed by atoms with van der Waals surface area (Å²) in [6.07, 6.45) is 3.75. The van der Waals surface area contributed by atoms with Gasteiger partial charge < -0.3 is 5.32 Å². The Labute approximate surface area is 129 Å². The van der Waals surface area contributed by atoms with E-state index in [-0.39, 0.29) is 5.41 Å². The van der Waals surface area contributed by atoms with Crippen molar-refractivity contribution in [3.8, 4) is 0 Å². The van der Waals surface area contributed by atoms with E-state index in [4.69, 9.17) is 0 Å². The lowest BCUT2D eigenvalue weighted by Crippen LogP contribution is -2.07. The second-order valence-corrected chi connectivity index (χ2v) is 7.44. The molecular weight excluding hydrogens is 276 g/mol. The van der Waals surface area contributed by atoms with Crippen LogP contribution < -0.4 is 5.32 Å². The molecular formula is C18H20N2S. The van der Waals surface area contributed by atoms with Gasteiger partial charge in [0.15, 0.2) is 0 Å². The molecule has 1 N–H and O–H groups in total. The molecule has 2 heterocycles. The van der Waals surface area contributed by atoms with Crippen LogP contribution in [0.5, 0.6) is 0 Å². The highest BCUT2D eigenvalue weighted by Gasteiger charge is 2.15. The SMILES string of the molecule is CC(C)(C)c1ccc(CNc2cccc3cnccc23)s1. The zero-order valence-corrected chi connectivity index (χ0v) is 13.5. The van der Waals surface area contributed by atoms with Crippen molar-refractivity contribution < 1.29 is 0 Å². The summed E-state index contributed by atoms with van der Waals surface area (Å²) in [5.41, 5.74) is 1.40. The van der Waals surface area contributed by atoms with E-state index in [0.29, 0.717) is 0 Å². The van der Waals surface area contributed by atoms with Gasteiger partial charge in [-0.05, 0) is 29.7 Å². The Balaban J connectivity index is 1.79. The molecule has 0 aliphatic carbocycles. The number of aromatic nitrogens is 1. The van der Waals surface area contributed by atoms with E-state index in [1.54, 1.807) is 0 Å². The first kappa shape index (κ1) is 14.1. The number of thiophene rings is 1. The molecule has 0 atom stereocenters. The highest BCUT2D eigenvalue weighted by molar-refractivity contribution is 7.12. The van der Waals surface area contributed by atoms with Crippen LogP contribution in [0.25, 0.3) is 10.8 Å². The van der Waals surface area contributed by atoms with Crippen molar-refractivity contribution in [3.05, 3.63) is 58.5 Å². The van der Waals surface area contributed by atoms with Crippen LogP contribution in [0.4, 0.5) is 5.69 Å². The Hall–Kier alpha value is -1.87. The van der Waals surface area contributed by atoms with Gasteiger partial charge in [-0.2, -0.15) is 0 Å². The summed E-state index contributed by atoms with van der Waals surface area (Å²) in [6, 6.07) is 12.8. The van der Waals surface area contributed by atoms with Gasteiger partial charge in [-0.3, -0.25) is 4.98 Å². The largest absolute Gasteiger partial charge is 0.380 e. The number of rotatable bonds is 3. The summed E-state index contributed by atoms with van der Waals surface area (Å²) in [5.74, 6) is 0. The molecule has 108 valence electrons. The van der Waals surface area contributed by atoms with Gasteiger partial charge in [0.25, 0.3) is 0 Å². The number of hydrogen-bond acceptors (Lipinski definition) is 3. The lowest BCUT2D eigenvalue weighted by Gasteiger charge is -2.15. The molecule has 1 aromatic carbocycles. The molecule has 3 aromatic rings. The maximum absolute atomic E-state index is 4.18. The minimum Gasteiger partial charge on any atom is -0.380 e. The highest BCUT2D eigenvalue weighted by Crippen LogP contribution is 2.30. The van der Waals surface area contributed by atoms with Crippen LogP contribution in [0, 0.1) is 0 Å². The smallest absolute Gasteiger partial charge is 0.0494 e. The summed E-state index contributed by atoms with van der Waals surface area (Å²) in [7, 11) is 0. The summed E-state index contributed by atoms with van der Waals surface area (Å²) in [6.45, 7) is 7.64. The quantitative estimate of drug-likeness (QED) is 0.718. The number of nitrogens with one attached hydrogen (secondary N) is 1. The predicted octanol–water partition coefficient (Wildman–Crippen LogP) is 5.21. The zero-order valence-electron chi connectivity index (χ0n) is 12.7. The van der Waals surface area contributed by atoms with Crippen molar-refractivity contribution in [3.63, 3.8) is 0 Å². The first-order chi connectivity index (χ1) is 10.0. The molecule has 0 aliphatic heterocycles. The van der Waals surface area contributed by atoms with Crippen LogP contribution >= 0.6 is 11.3 Å². The molecule has 0 unspecified atom stereocenters. The van der Waals surface area contributed by atoms with Gasteiger partial charge >= 0.3 is 0 Å². The van der Waals surface area contributed by atoms with E-state index in [0.717, 1.165) is 6.54 Å². The lowest BCUT2D eigenvalue weighted by atomic mass is 9.95. The minimum atomic E-state index is 0.230. The van der Waals surface area contributed by atoms with E-state index >= 15 is 0 Å². The molecule has 2 nitrogen and oxygen atoms in total. The molecule has 0 saturated heterocycles. The molecule has 0 fully saturated rings. The average Bonchev–Trinajstić information content (AvgIpc) is 2.94. The molecule has 0 bridgehead atoms. The normalized spacial score (nSPS) is 11.8. The Morgan fingerprint density at radius 3 is 2.71 bits per heavy atom. The van der Waals surface area contributed by atoms with E-state index in [1.165, 1.54) is 26.2 Å². The molecule has 2 aromatic heterocycles. The van der Waals surface area contributed by atoms with Crippen molar-refractivity contribution in [2.45, 2.75) is 32.7 Å². The average molecular weight is 296 g/mol.